The summed E-state index contributed by atoms with van der Waals surface area (Å²) in [6.07, 6.45) is 5.17. The minimum Gasteiger partial charge on any atom is -0.489 e. The van der Waals surface area contributed by atoms with Crippen molar-refractivity contribution in [1.82, 2.24) is 10.6 Å². The molecule has 0 aliphatic rings. The number of carbonyl (C=O) groups is 1. The first-order chi connectivity index (χ1) is 16.5. The largest absolute Gasteiger partial charge is 0.489 e. The van der Waals surface area contributed by atoms with E-state index in [0.717, 1.165) is 42.6 Å². The lowest BCUT2D eigenvalue weighted by atomic mass is 9.95. The topological polar surface area (TPSA) is 50.4 Å². The zero-order valence-electron chi connectivity index (χ0n) is 23.1. The molecule has 1 amide bonds. The van der Waals surface area contributed by atoms with Crippen molar-refractivity contribution in [2.75, 3.05) is 0 Å². The lowest BCUT2D eigenvalue weighted by Gasteiger charge is -2.30. The molecule has 2 aromatic carbocycles. The minimum atomic E-state index is -0.269. The van der Waals surface area contributed by atoms with E-state index >= 15 is 0 Å². The molecule has 0 aromatic heterocycles. The summed E-state index contributed by atoms with van der Waals surface area (Å²) >= 11 is 0. The Labute approximate surface area is 214 Å². The first kappa shape index (κ1) is 28.9. The third kappa shape index (κ3) is 12.3. The van der Waals surface area contributed by atoms with E-state index in [9.17, 15) is 4.79 Å². The molecule has 0 unspecified atom stereocenters. The molecule has 0 bridgehead atoms. The number of ether oxygens (including phenoxy) is 1. The Kier molecular flexibility index (Phi) is 11.8. The van der Waals surface area contributed by atoms with Gasteiger partial charge in [0.1, 0.15) is 12.4 Å². The molecule has 194 valence electrons. The second-order valence-corrected chi connectivity index (χ2v) is 11.7. The minimum absolute atomic E-state index is 0.0704. The smallest absolute Gasteiger partial charge is 0.237 e. The van der Waals surface area contributed by atoms with Crippen LogP contribution in [0.1, 0.15) is 85.3 Å². The van der Waals surface area contributed by atoms with Crippen LogP contribution in [0.5, 0.6) is 5.75 Å². The maximum absolute atomic E-state index is 13.3. The van der Waals surface area contributed by atoms with Gasteiger partial charge in [0.25, 0.3) is 0 Å². The summed E-state index contributed by atoms with van der Waals surface area (Å²) in [5, 5.41) is 6.95. The monoisotopic (exact) mass is 480 g/mol. The number of benzene rings is 2. The third-order valence-electron chi connectivity index (χ3n) is 6.05. The lowest BCUT2D eigenvalue weighted by molar-refractivity contribution is -0.124. The van der Waals surface area contributed by atoms with E-state index in [1.807, 2.05) is 51.1 Å². The van der Waals surface area contributed by atoms with Gasteiger partial charge in [-0.05, 0) is 88.0 Å². The number of amides is 1. The third-order valence-corrected chi connectivity index (χ3v) is 6.05. The Morgan fingerprint density at radius 3 is 1.89 bits per heavy atom. The van der Waals surface area contributed by atoms with E-state index in [2.05, 4.69) is 62.6 Å². The van der Waals surface area contributed by atoms with Gasteiger partial charge in [-0.2, -0.15) is 0 Å². The van der Waals surface area contributed by atoms with Crippen molar-refractivity contribution in [1.29, 1.82) is 0 Å². The molecule has 0 aliphatic heterocycles. The molecule has 0 aliphatic carbocycles. The van der Waals surface area contributed by atoms with E-state index in [-0.39, 0.29) is 17.5 Å². The van der Waals surface area contributed by atoms with E-state index in [1.54, 1.807) is 0 Å². The fraction of sp³-hybridized carbons (Fsp3) is 0.581. The van der Waals surface area contributed by atoms with Crippen LogP contribution in [0.15, 0.2) is 54.6 Å². The van der Waals surface area contributed by atoms with Crippen molar-refractivity contribution in [3.8, 4) is 5.75 Å². The van der Waals surface area contributed by atoms with E-state index < -0.39 is 0 Å². The van der Waals surface area contributed by atoms with Gasteiger partial charge in [0, 0.05) is 11.6 Å². The molecular formula is C31H48N2O2. The number of carbonyl (C=O) groups excluding carboxylic acids is 1. The van der Waals surface area contributed by atoms with E-state index in [4.69, 9.17) is 4.74 Å². The molecule has 0 fully saturated rings. The zero-order valence-corrected chi connectivity index (χ0v) is 23.1. The fourth-order valence-electron chi connectivity index (χ4n) is 4.05. The van der Waals surface area contributed by atoms with Gasteiger partial charge in [-0.3, -0.25) is 4.79 Å². The Morgan fingerprint density at radius 1 is 0.800 bits per heavy atom. The average molecular weight is 481 g/mol. The first-order valence-electron chi connectivity index (χ1n) is 13.4. The van der Waals surface area contributed by atoms with Crippen LogP contribution in [0.4, 0.5) is 0 Å². The second kappa shape index (κ2) is 14.3. The van der Waals surface area contributed by atoms with Crippen LogP contribution in [0, 0.1) is 11.8 Å². The highest BCUT2D eigenvalue weighted by Gasteiger charge is 2.26. The molecule has 0 radical (unpaired) electrons. The van der Waals surface area contributed by atoms with E-state index in [0.29, 0.717) is 30.9 Å². The van der Waals surface area contributed by atoms with Gasteiger partial charge in [0.05, 0.1) is 6.04 Å². The lowest BCUT2D eigenvalue weighted by Crippen LogP contribution is -2.54. The van der Waals surface area contributed by atoms with Crippen molar-refractivity contribution in [2.24, 2.45) is 11.8 Å². The predicted molar refractivity (Wildman–Crippen MR) is 148 cm³/mol. The molecule has 0 saturated heterocycles. The number of hydrogen-bond donors (Lipinski definition) is 2. The Hall–Kier alpha value is -2.33. The summed E-state index contributed by atoms with van der Waals surface area (Å²) in [5.74, 6) is 2.22. The van der Waals surface area contributed by atoms with Crippen LogP contribution < -0.4 is 15.4 Å². The van der Waals surface area contributed by atoms with Crippen molar-refractivity contribution in [3.05, 3.63) is 65.7 Å². The van der Waals surface area contributed by atoms with Gasteiger partial charge in [-0.25, -0.2) is 0 Å². The van der Waals surface area contributed by atoms with Crippen LogP contribution in [-0.4, -0.2) is 23.5 Å². The second-order valence-electron chi connectivity index (χ2n) is 11.7. The molecule has 4 nitrogen and oxygen atoms in total. The molecule has 4 heteroatoms. The Balaban J connectivity index is 2.09. The first-order valence-corrected chi connectivity index (χ1v) is 13.4. The van der Waals surface area contributed by atoms with Gasteiger partial charge in [0.2, 0.25) is 5.91 Å². The summed E-state index contributed by atoms with van der Waals surface area (Å²) in [6, 6.07) is 18.4. The molecule has 2 rings (SSSR count). The highest BCUT2D eigenvalue weighted by Crippen LogP contribution is 2.18. The summed E-state index contributed by atoms with van der Waals surface area (Å²) in [6.45, 7) is 15.7. The molecule has 0 spiro atoms. The molecule has 2 N–H and O–H groups in total. The van der Waals surface area contributed by atoms with E-state index in [1.165, 1.54) is 0 Å². The number of nitrogens with one attached hydrogen (secondary N) is 2. The van der Waals surface area contributed by atoms with Crippen LogP contribution in [-0.2, 0) is 17.8 Å². The summed E-state index contributed by atoms with van der Waals surface area (Å²) in [5.41, 5.74) is 2.01. The highest BCUT2D eigenvalue weighted by atomic mass is 16.5. The predicted octanol–water partition coefficient (Wildman–Crippen LogP) is 6.92. The molecule has 0 heterocycles. The van der Waals surface area contributed by atoms with Gasteiger partial charge < -0.3 is 15.4 Å². The SMILES string of the molecule is CC(C)CCC(CCC(C)C)N[C@@H](Cc1ccc(OCc2ccccc2)cc1)C(=O)NC(C)(C)C. The standard InChI is InChI=1S/C31H48N2O2/c1-23(2)13-17-27(18-14-24(3)4)32-29(30(34)33-31(5,6)7)21-25-15-19-28(20-16-25)35-22-26-11-9-8-10-12-26/h8-12,15-16,19-20,23-24,27,29,32H,13-14,17-18,21-22H2,1-7H3,(H,33,34)/t29-/m0/s1. The zero-order chi connectivity index (χ0) is 25.8. The normalized spacial score (nSPS) is 12.9. The average Bonchev–Trinajstić information content (AvgIpc) is 2.79. The molecule has 2 aromatic rings. The van der Waals surface area contributed by atoms with Crippen molar-refractivity contribution in [2.45, 2.75) is 105 Å². The van der Waals surface area contributed by atoms with Gasteiger partial charge >= 0.3 is 0 Å². The summed E-state index contributed by atoms with van der Waals surface area (Å²) < 4.78 is 5.94. The quantitative estimate of drug-likeness (QED) is 0.308. The summed E-state index contributed by atoms with van der Waals surface area (Å²) in [7, 11) is 0. The Bertz CT molecular complexity index is 842. The van der Waals surface area contributed by atoms with Crippen LogP contribution in [0.25, 0.3) is 0 Å². The number of hydrogen-bond acceptors (Lipinski definition) is 3. The Morgan fingerprint density at radius 2 is 1.37 bits per heavy atom. The van der Waals surface area contributed by atoms with Crippen molar-refractivity contribution >= 4 is 5.91 Å². The van der Waals surface area contributed by atoms with Crippen LogP contribution in [0.3, 0.4) is 0 Å². The number of rotatable bonds is 14. The van der Waals surface area contributed by atoms with Crippen LogP contribution >= 0.6 is 0 Å². The molecule has 1 atom stereocenters. The maximum Gasteiger partial charge on any atom is 0.237 e. The maximum atomic E-state index is 13.3. The van der Waals surface area contributed by atoms with Gasteiger partial charge in [-0.1, -0.05) is 70.2 Å². The fourth-order valence-corrected chi connectivity index (χ4v) is 4.05. The molecular weight excluding hydrogens is 432 g/mol. The van der Waals surface area contributed by atoms with Crippen LogP contribution in [0.2, 0.25) is 0 Å². The summed E-state index contributed by atoms with van der Waals surface area (Å²) in [4.78, 5) is 13.3. The van der Waals surface area contributed by atoms with Crippen molar-refractivity contribution < 1.29 is 9.53 Å². The van der Waals surface area contributed by atoms with Crippen molar-refractivity contribution in [3.63, 3.8) is 0 Å². The molecule has 0 saturated carbocycles. The molecule has 35 heavy (non-hydrogen) atoms. The van der Waals surface area contributed by atoms with Gasteiger partial charge in [0.15, 0.2) is 0 Å². The highest BCUT2D eigenvalue weighted by molar-refractivity contribution is 5.82. The van der Waals surface area contributed by atoms with Gasteiger partial charge in [-0.15, -0.1) is 0 Å².